The second kappa shape index (κ2) is 5.65. The highest BCUT2D eigenvalue weighted by atomic mass is 16.2. The Kier molecular flexibility index (Phi) is 3.64. The van der Waals surface area contributed by atoms with Crippen LogP contribution in [0, 0.1) is 0 Å². The molecule has 0 aliphatic carbocycles. The van der Waals surface area contributed by atoms with Gasteiger partial charge in [-0.05, 0) is 6.92 Å². The van der Waals surface area contributed by atoms with Crippen LogP contribution in [0.5, 0.6) is 0 Å². The summed E-state index contributed by atoms with van der Waals surface area (Å²) in [6.45, 7) is 1.64. The maximum Gasteiger partial charge on any atom is 0.328 e. The zero-order valence-electron chi connectivity index (χ0n) is 12.9. The third-order valence-corrected chi connectivity index (χ3v) is 3.82. The summed E-state index contributed by atoms with van der Waals surface area (Å²) in [5.41, 5.74) is 0.204. The van der Waals surface area contributed by atoms with Gasteiger partial charge in [-0.25, -0.2) is 4.79 Å². The third kappa shape index (κ3) is 2.34. The number of fused-ring (bicyclic) bond motifs is 1. The van der Waals surface area contributed by atoms with E-state index in [0.717, 1.165) is 0 Å². The number of amides is 5. The molecular weight excluding hydrogens is 312 g/mol. The Morgan fingerprint density at radius 1 is 1.00 bits per heavy atom. The number of hydrogen-bond donors (Lipinski definition) is 4. The summed E-state index contributed by atoms with van der Waals surface area (Å²) < 4.78 is 0. The van der Waals surface area contributed by atoms with Crippen LogP contribution < -0.4 is 26.6 Å². The normalized spacial score (nSPS) is 15.9. The van der Waals surface area contributed by atoms with Crippen LogP contribution >= 0.6 is 0 Å². The maximum atomic E-state index is 12.1. The molecule has 1 aliphatic rings. The zero-order chi connectivity index (χ0) is 17.4. The average Bonchev–Trinajstić information content (AvgIpc) is 2.92. The average molecular weight is 326 g/mol. The van der Waals surface area contributed by atoms with E-state index in [0.29, 0.717) is 21.7 Å². The van der Waals surface area contributed by atoms with Crippen LogP contribution in [0.1, 0.15) is 6.92 Å². The molecule has 1 saturated heterocycles. The number of carbonyl (C=O) groups is 4. The molecule has 2 aromatic rings. The van der Waals surface area contributed by atoms with Crippen molar-refractivity contribution in [1.82, 2.24) is 20.9 Å². The predicted molar refractivity (Wildman–Crippen MR) is 85.8 cm³/mol. The first-order valence-corrected chi connectivity index (χ1v) is 7.14. The number of rotatable bonds is 1. The maximum absolute atomic E-state index is 12.1. The van der Waals surface area contributed by atoms with Crippen LogP contribution in [0.3, 0.4) is 0 Å². The van der Waals surface area contributed by atoms with E-state index in [9.17, 15) is 19.2 Å². The van der Waals surface area contributed by atoms with Gasteiger partial charge in [0.25, 0.3) is 11.8 Å². The van der Waals surface area contributed by atoms with E-state index in [-0.39, 0.29) is 16.8 Å². The topological polar surface area (TPSA) is 120 Å². The highest BCUT2D eigenvalue weighted by Crippen LogP contribution is 2.08. The summed E-state index contributed by atoms with van der Waals surface area (Å²) in [5, 5.41) is 8.67. The second-order valence-corrected chi connectivity index (χ2v) is 5.24. The largest absolute Gasteiger partial charge is 0.355 e. The number of imide groups is 2. The molecule has 122 valence electrons. The molecule has 0 spiro atoms. The lowest BCUT2D eigenvalue weighted by Crippen LogP contribution is -2.52. The van der Waals surface area contributed by atoms with Gasteiger partial charge in [-0.1, -0.05) is 24.3 Å². The minimum absolute atomic E-state index is 0.207. The van der Waals surface area contributed by atoms with Crippen LogP contribution in [0.2, 0.25) is 0 Å². The minimum Gasteiger partial charge on any atom is -0.355 e. The first-order valence-electron chi connectivity index (χ1n) is 7.14. The van der Waals surface area contributed by atoms with Gasteiger partial charge in [0.1, 0.15) is 5.57 Å². The van der Waals surface area contributed by atoms with Crippen LogP contribution in [-0.4, -0.2) is 35.8 Å². The molecule has 1 aromatic heterocycles. The first kappa shape index (κ1) is 15.5. The molecule has 0 unspecified atom stereocenters. The highest BCUT2D eigenvalue weighted by Gasteiger charge is 2.29. The van der Waals surface area contributed by atoms with E-state index < -0.39 is 17.8 Å². The monoisotopic (exact) mass is 326 g/mol. The summed E-state index contributed by atoms with van der Waals surface area (Å²) in [6, 6.07) is 6.18. The van der Waals surface area contributed by atoms with Gasteiger partial charge in [0.05, 0.1) is 10.7 Å². The molecule has 24 heavy (non-hydrogen) atoms. The van der Waals surface area contributed by atoms with Crippen LogP contribution in [0.15, 0.2) is 24.3 Å². The molecule has 1 aliphatic heterocycles. The number of aromatic amines is 1. The van der Waals surface area contributed by atoms with E-state index in [1.54, 1.807) is 31.2 Å². The van der Waals surface area contributed by atoms with Gasteiger partial charge in [-0.3, -0.25) is 25.0 Å². The van der Waals surface area contributed by atoms with Gasteiger partial charge in [0, 0.05) is 23.4 Å². The number of urea groups is 1. The van der Waals surface area contributed by atoms with Crippen LogP contribution in [-0.2, 0) is 14.4 Å². The Morgan fingerprint density at radius 2 is 1.58 bits per heavy atom. The summed E-state index contributed by atoms with van der Waals surface area (Å²) in [7, 11) is 1.51. The number of nitrogens with one attached hydrogen (secondary N) is 4. The van der Waals surface area contributed by atoms with Gasteiger partial charge in [0.15, 0.2) is 0 Å². The smallest absolute Gasteiger partial charge is 0.328 e. The van der Waals surface area contributed by atoms with Crippen LogP contribution in [0.4, 0.5) is 4.79 Å². The van der Waals surface area contributed by atoms with Crippen molar-refractivity contribution >= 4 is 45.7 Å². The van der Waals surface area contributed by atoms with E-state index in [2.05, 4.69) is 10.3 Å². The molecule has 5 amide bonds. The summed E-state index contributed by atoms with van der Waals surface area (Å²) in [4.78, 5) is 50.3. The van der Waals surface area contributed by atoms with Gasteiger partial charge < -0.3 is 10.3 Å². The highest BCUT2D eigenvalue weighted by molar-refractivity contribution is 6.46. The molecular formula is C16H14N4O4. The van der Waals surface area contributed by atoms with Crippen molar-refractivity contribution in [3.63, 3.8) is 0 Å². The second-order valence-electron chi connectivity index (χ2n) is 5.24. The third-order valence-electron chi connectivity index (χ3n) is 3.82. The van der Waals surface area contributed by atoms with Gasteiger partial charge in [-0.2, -0.15) is 0 Å². The summed E-state index contributed by atoms with van der Waals surface area (Å²) in [5.74, 6) is -1.87. The molecule has 8 nitrogen and oxygen atoms in total. The van der Waals surface area contributed by atoms with Gasteiger partial charge in [-0.15, -0.1) is 0 Å². The molecule has 0 radical (unpaired) electrons. The van der Waals surface area contributed by atoms with E-state index >= 15 is 0 Å². The Bertz CT molecular complexity index is 1010. The van der Waals surface area contributed by atoms with Crippen molar-refractivity contribution in [1.29, 1.82) is 0 Å². The van der Waals surface area contributed by atoms with Crippen molar-refractivity contribution in [2.24, 2.45) is 0 Å². The van der Waals surface area contributed by atoms with Crippen molar-refractivity contribution in [2.45, 2.75) is 6.92 Å². The Balaban J connectivity index is 2.46. The zero-order valence-corrected chi connectivity index (χ0v) is 12.9. The Morgan fingerprint density at radius 3 is 2.17 bits per heavy atom. The Labute approximate surface area is 135 Å². The van der Waals surface area contributed by atoms with Crippen molar-refractivity contribution in [3.05, 3.63) is 35.0 Å². The van der Waals surface area contributed by atoms with Gasteiger partial charge >= 0.3 is 6.03 Å². The molecule has 0 atom stereocenters. The molecule has 2 heterocycles. The van der Waals surface area contributed by atoms with Crippen LogP contribution in [0.25, 0.3) is 21.9 Å². The molecule has 1 aromatic carbocycles. The van der Waals surface area contributed by atoms with Crippen molar-refractivity contribution < 1.29 is 19.2 Å². The number of barbiturate groups is 1. The van der Waals surface area contributed by atoms with Crippen molar-refractivity contribution in [2.75, 3.05) is 7.05 Å². The molecule has 0 bridgehead atoms. The number of H-pyrrole nitrogens is 1. The summed E-state index contributed by atoms with van der Waals surface area (Å²) in [6.07, 6.45) is 0. The van der Waals surface area contributed by atoms with E-state index in [1.165, 1.54) is 7.05 Å². The predicted octanol–water partition coefficient (Wildman–Crippen LogP) is -1.40. The first-order chi connectivity index (χ1) is 11.4. The number of hydrogen-bond acceptors (Lipinski definition) is 4. The molecule has 3 rings (SSSR count). The van der Waals surface area contributed by atoms with Gasteiger partial charge in [0.2, 0.25) is 5.91 Å². The molecule has 0 saturated carbocycles. The molecule has 4 N–H and O–H groups in total. The lowest BCUT2D eigenvalue weighted by atomic mass is 10.1. The minimum atomic E-state index is -0.863. The Hall–Kier alpha value is -3.42. The fourth-order valence-electron chi connectivity index (χ4n) is 2.67. The van der Waals surface area contributed by atoms with Crippen molar-refractivity contribution in [3.8, 4) is 0 Å². The number of carbonyl (C=O) groups excluding carboxylic acids is 4. The quantitative estimate of drug-likeness (QED) is 0.515. The number of aromatic nitrogens is 1. The fourth-order valence-corrected chi connectivity index (χ4v) is 2.67. The SMILES string of the molecule is CNC(=O)/C(C)=c1/[nH]c(=C2C(=O)NC(=O)NC2=O)c2ccccc12. The van der Waals surface area contributed by atoms with E-state index in [1.807, 2.05) is 10.6 Å². The standard InChI is InChI=1S/C16H14N4O4/c1-7(13(21)17-2)11-8-5-3-4-6-9(8)12(18-11)10-14(22)19-16(24)20-15(10)23/h3-6,18H,1-2H3,(H,17,21)(H2,19,20,22,23,24)/b11-7+. The fraction of sp³-hybridized carbons (Fsp3) is 0.125. The molecule has 8 heteroatoms. The van der Waals surface area contributed by atoms with E-state index in [4.69, 9.17) is 0 Å². The summed E-state index contributed by atoms with van der Waals surface area (Å²) >= 11 is 0. The lowest BCUT2D eigenvalue weighted by Gasteiger charge is -2.13. The molecule has 1 fully saturated rings. The lowest BCUT2D eigenvalue weighted by molar-refractivity contribution is -0.121. The number of benzene rings is 1.